The van der Waals surface area contributed by atoms with Crippen LogP contribution in [0.15, 0.2) is 36.4 Å². The van der Waals surface area contributed by atoms with E-state index in [0.717, 1.165) is 6.07 Å². The van der Waals surface area contributed by atoms with Crippen molar-refractivity contribution in [3.63, 3.8) is 0 Å². The van der Waals surface area contributed by atoms with Gasteiger partial charge >= 0.3 is 0 Å². The number of non-ortho nitro benzene ring substituents is 1. The van der Waals surface area contributed by atoms with Crippen LogP contribution in [0.25, 0.3) is 0 Å². The molecule has 21 heavy (non-hydrogen) atoms. The molecule has 0 radical (unpaired) electrons. The van der Waals surface area contributed by atoms with E-state index < -0.39 is 10.7 Å². The van der Waals surface area contributed by atoms with Gasteiger partial charge in [-0.2, -0.15) is 5.26 Å². The number of nitro benzene ring substituents is 1. The van der Waals surface area contributed by atoms with E-state index >= 15 is 0 Å². The fourth-order valence-electron chi connectivity index (χ4n) is 1.77. The van der Waals surface area contributed by atoms with Crippen LogP contribution in [0.4, 0.5) is 15.8 Å². The molecular formula is C14H9ClFN3O2. The van der Waals surface area contributed by atoms with Crippen LogP contribution in [0.3, 0.4) is 0 Å². The molecule has 0 fully saturated rings. The Kier molecular flexibility index (Phi) is 4.36. The molecule has 0 bridgehead atoms. The summed E-state index contributed by atoms with van der Waals surface area (Å²) in [5.41, 5.74) is 1.01. The summed E-state index contributed by atoms with van der Waals surface area (Å²) in [4.78, 5) is 10.0. The van der Waals surface area contributed by atoms with Gasteiger partial charge in [0, 0.05) is 12.6 Å². The number of hydrogen-bond donors (Lipinski definition) is 1. The number of nitro groups is 1. The maximum Gasteiger partial charge on any atom is 0.272 e. The molecule has 0 aliphatic heterocycles. The van der Waals surface area contributed by atoms with E-state index in [-0.39, 0.29) is 12.2 Å². The third-order valence-corrected chi connectivity index (χ3v) is 3.06. The molecule has 2 aromatic carbocycles. The first-order valence-corrected chi connectivity index (χ1v) is 6.25. The van der Waals surface area contributed by atoms with Crippen molar-refractivity contribution in [1.82, 2.24) is 0 Å². The maximum absolute atomic E-state index is 13.3. The summed E-state index contributed by atoms with van der Waals surface area (Å²) < 4.78 is 13.3. The van der Waals surface area contributed by atoms with Gasteiger partial charge < -0.3 is 5.32 Å². The lowest BCUT2D eigenvalue weighted by Gasteiger charge is -2.09. The number of rotatable bonds is 4. The molecule has 0 amide bonds. The van der Waals surface area contributed by atoms with Gasteiger partial charge in [-0.05, 0) is 29.8 Å². The average Bonchev–Trinajstić information content (AvgIpc) is 2.46. The molecule has 7 heteroatoms. The molecule has 0 aliphatic rings. The summed E-state index contributed by atoms with van der Waals surface area (Å²) >= 11 is 5.98. The van der Waals surface area contributed by atoms with Crippen molar-refractivity contribution in [2.45, 2.75) is 6.54 Å². The van der Waals surface area contributed by atoms with Gasteiger partial charge in [0.25, 0.3) is 5.69 Å². The molecule has 2 rings (SSSR count). The number of hydrogen-bond acceptors (Lipinski definition) is 4. The first-order valence-electron chi connectivity index (χ1n) is 5.87. The molecule has 5 nitrogen and oxygen atoms in total. The summed E-state index contributed by atoms with van der Waals surface area (Å²) in [6.45, 7) is 0.146. The summed E-state index contributed by atoms with van der Waals surface area (Å²) in [7, 11) is 0. The standard InChI is InChI=1S/C14H9ClFN3O2/c15-13-2-1-9(7-17)5-14(13)18-8-10-3-11(16)6-12(4-10)19(20)21/h1-6,18H,8H2. The smallest absolute Gasteiger partial charge is 0.272 e. The quantitative estimate of drug-likeness (QED) is 0.687. The predicted molar refractivity (Wildman–Crippen MR) is 76.5 cm³/mol. The first kappa shape index (κ1) is 14.8. The molecule has 2 aromatic rings. The molecule has 0 unspecified atom stereocenters. The lowest BCUT2D eigenvalue weighted by atomic mass is 10.1. The maximum atomic E-state index is 13.3. The molecule has 0 spiro atoms. The Morgan fingerprint density at radius 1 is 1.33 bits per heavy atom. The Bertz CT molecular complexity index is 743. The van der Waals surface area contributed by atoms with Crippen LogP contribution in [0.1, 0.15) is 11.1 Å². The molecule has 1 N–H and O–H groups in total. The topological polar surface area (TPSA) is 79.0 Å². The summed E-state index contributed by atoms with van der Waals surface area (Å²) in [5.74, 6) is -0.683. The Morgan fingerprint density at radius 3 is 2.76 bits per heavy atom. The number of benzene rings is 2. The lowest BCUT2D eigenvalue weighted by molar-refractivity contribution is -0.385. The van der Waals surface area contributed by atoms with E-state index in [1.807, 2.05) is 6.07 Å². The zero-order valence-corrected chi connectivity index (χ0v) is 11.4. The lowest BCUT2D eigenvalue weighted by Crippen LogP contribution is -2.02. The monoisotopic (exact) mass is 305 g/mol. The van der Waals surface area contributed by atoms with Gasteiger partial charge in [-0.15, -0.1) is 0 Å². The van der Waals surface area contributed by atoms with Gasteiger partial charge in [-0.25, -0.2) is 4.39 Å². The van der Waals surface area contributed by atoms with Crippen LogP contribution in [0.2, 0.25) is 5.02 Å². The van der Waals surface area contributed by atoms with Crippen molar-refractivity contribution in [1.29, 1.82) is 5.26 Å². The van der Waals surface area contributed by atoms with Crippen molar-refractivity contribution in [2.24, 2.45) is 0 Å². The van der Waals surface area contributed by atoms with Gasteiger partial charge in [0.15, 0.2) is 0 Å². The number of anilines is 1. The van der Waals surface area contributed by atoms with Crippen molar-refractivity contribution in [3.8, 4) is 6.07 Å². The first-order chi connectivity index (χ1) is 9.99. The predicted octanol–water partition coefficient (Wildman–Crippen LogP) is 3.87. The highest BCUT2D eigenvalue weighted by molar-refractivity contribution is 6.33. The third kappa shape index (κ3) is 3.68. The minimum absolute atomic E-state index is 0.146. The Hall–Kier alpha value is -2.65. The molecule has 0 atom stereocenters. The highest BCUT2D eigenvalue weighted by Gasteiger charge is 2.10. The van der Waals surface area contributed by atoms with Crippen LogP contribution < -0.4 is 5.32 Å². The van der Waals surface area contributed by atoms with Crippen LogP contribution >= 0.6 is 11.6 Å². The van der Waals surface area contributed by atoms with Crippen LogP contribution in [-0.4, -0.2) is 4.92 Å². The minimum Gasteiger partial charge on any atom is -0.380 e. The summed E-state index contributed by atoms with van der Waals surface area (Å²) in [5, 5.41) is 22.8. The zero-order chi connectivity index (χ0) is 15.4. The fraction of sp³-hybridized carbons (Fsp3) is 0.0714. The second-order valence-corrected chi connectivity index (χ2v) is 4.64. The van der Waals surface area contributed by atoms with Gasteiger partial charge in [0.05, 0.1) is 33.3 Å². The van der Waals surface area contributed by atoms with Gasteiger partial charge in [-0.1, -0.05) is 11.6 Å². The Labute approximate surface area is 124 Å². The van der Waals surface area contributed by atoms with E-state index in [2.05, 4.69) is 5.32 Å². The second kappa shape index (κ2) is 6.20. The van der Waals surface area contributed by atoms with Gasteiger partial charge in [0.2, 0.25) is 0 Å². The molecule has 0 heterocycles. The van der Waals surface area contributed by atoms with Gasteiger partial charge in [0.1, 0.15) is 5.82 Å². The molecule has 106 valence electrons. The summed E-state index contributed by atoms with van der Waals surface area (Å²) in [6.07, 6.45) is 0. The SMILES string of the molecule is N#Cc1ccc(Cl)c(NCc2cc(F)cc([N+](=O)[O-])c2)c1. The molecule has 0 saturated heterocycles. The fourth-order valence-corrected chi connectivity index (χ4v) is 1.95. The van der Waals surface area contributed by atoms with Crippen molar-refractivity contribution < 1.29 is 9.31 Å². The minimum atomic E-state index is -0.683. The van der Waals surface area contributed by atoms with E-state index in [9.17, 15) is 14.5 Å². The number of nitrogens with one attached hydrogen (secondary N) is 1. The second-order valence-electron chi connectivity index (χ2n) is 4.23. The molecule has 0 aromatic heterocycles. The third-order valence-electron chi connectivity index (χ3n) is 2.73. The highest BCUT2D eigenvalue weighted by Crippen LogP contribution is 2.24. The van der Waals surface area contributed by atoms with Crippen LogP contribution in [-0.2, 0) is 6.54 Å². The zero-order valence-electron chi connectivity index (χ0n) is 10.6. The molecule has 0 aliphatic carbocycles. The van der Waals surface area contributed by atoms with E-state index in [4.69, 9.17) is 16.9 Å². The van der Waals surface area contributed by atoms with E-state index in [0.29, 0.717) is 21.8 Å². The number of nitriles is 1. The van der Waals surface area contributed by atoms with E-state index in [1.165, 1.54) is 12.1 Å². The van der Waals surface area contributed by atoms with Crippen molar-refractivity contribution in [2.75, 3.05) is 5.32 Å². The summed E-state index contributed by atoms with van der Waals surface area (Å²) in [6, 6.07) is 9.99. The van der Waals surface area contributed by atoms with Crippen LogP contribution in [0.5, 0.6) is 0 Å². The molecular weight excluding hydrogens is 297 g/mol. The van der Waals surface area contributed by atoms with Crippen molar-refractivity contribution in [3.05, 3.63) is 68.5 Å². The Balaban J connectivity index is 2.20. The molecule has 0 saturated carbocycles. The highest BCUT2D eigenvalue weighted by atomic mass is 35.5. The van der Waals surface area contributed by atoms with Crippen molar-refractivity contribution >= 4 is 23.0 Å². The number of nitrogens with zero attached hydrogens (tertiary/aromatic N) is 2. The normalized spacial score (nSPS) is 9.95. The average molecular weight is 306 g/mol. The van der Waals surface area contributed by atoms with Crippen LogP contribution in [0, 0.1) is 27.3 Å². The Morgan fingerprint density at radius 2 is 2.10 bits per heavy atom. The van der Waals surface area contributed by atoms with Gasteiger partial charge in [-0.3, -0.25) is 10.1 Å². The largest absolute Gasteiger partial charge is 0.380 e. The van der Waals surface area contributed by atoms with E-state index in [1.54, 1.807) is 18.2 Å². The number of halogens is 2.